The fourth-order valence-electron chi connectivity index (χ4n) is 1.56. The summed E-state index contributed by atoms with van der Waals surface area (Å²) in [5.41, 5.74) is 6.88. The van der Waals surface area contributed by atoms with Crippen LogP contribution in [0.15, 0.2) is 45.6 Å². The van der Waals surface area contributed by atoms with E-state index >= 15 is 0 Å². The molecule has 0 spiro atoms. The standard InChI is InChI=1S/C13H13N5O/c1-3-6-15-12(14)18-13-16-10-7-8(2)4-5-9(10)11(19)17-13/h3-7H,1H2,2H3,(H3,14,16,17,18,19)/b15-6+. The van der Waals surface area contributed by atoms with Crippen LogP contribution in [0.1, 0.15) is 5.56 Å². The lowest BCUT2D eigenvalue weighted by Crippen LogP contribution is -2.11. The second kappa shape index (κ2) is 5.26. The van der Waals surface area contributed by atoms with Crippen molar-refractivity contribution in [3.05, 3.63) is 46.8 Å². The molecule has 0 amide bonds. The number of nitrogens with one attached hydrogen (secondary N) is 1. The van der Waals surface area contributed by atoms with Crippen LogP contribution in [0, 0.1) is 6.92 Å². The molecular weight excluding hydrogens is 242 g/mol. The average molecular weight is 255 g/mol. The van der Waals surface area contributed by atoms with Gasteiger partial charge in [0.1, 0.15) is 0 Å². The van der Waals surface area contributed by atoms with Crippen LogP contribution in [0.5, 0.6) is 0 Å². The summed E-state index contributed by atoms with van der Waals surface area (Å²) >= 11 is 0. The third kappa shape index (κ3) is 2.92. The number of nitrogens with zero attached hydrogens (tertiary/aromatic N) is 3. The molecule has 6 heteroatoms. The van der Waals surface area contributed by atoms with E-state index in [1.807, 2.05) is 19.1 Å². The predicted molar refractivity (Wildman–Crippen MR) is 77.1 cm³/mol. The van der Waals surface area contributed by atoms with Crippen molar-refractivity contribution in [2.75, 3.05) is 0 Å². The molecule has 96 valence electrons. The monoisotopic (exact) mass is 255 g/mol. The Morgan fingerprint density at radius 3 is 3.05 bits per heavy atom. The number of fused-ring (bicyclic) bond motifs is 1. The summed E-state index contributed by atoms with van der Waals surface area (Å²) in [7, 11) is 0. The Bertz CT molecular complexity index is 742. The highest BCUT2D eigenvalue weighted by molar-refractivity contribution is 5.90. The second-order valence-electron chi connectivity index (χ2n) is 3.89. The van der Waals surface area contributed by atoms with Crippen molar-refractivity contribution >= 4 is 29.0 Å². The van der Waals surface area contributed by atoms with Gasteiger partial charge in [-0.1, -0.05) is 18.7 Å². The van der Waals surface area contributed by atoms with E-state index in [1.165, 1.54) is 12.3 Å². The zero-order valence-electron chi connectivity index (χ0n) is 10.4. The van der Waals surface area contributed by atoms with E-state index in [1.54, 1.807) is 6.07 Å². The normalized spacial score (nSPS) is 12.2. The van der Waals surface area contributed by atoms with Gasteiger partial charge in [0.15, 0.2) is 0 Å². The Morgan fingerprint density at radius 1 is 1.53 bits per heavy atom. The molecule has 0 atom stereocenters. The first-order chi connectivity index (χ1) is 9.10. The first-order valence-electron chi connectivity index (χ1n) is 5.60. The van der Waals surface area contributed by atoms with Crippen LogP contribution >= 0.6 is 0 Å². The summed E-state index contributed by atoms with van der Waals surface area (Å²) in [5.74, 6) is 0.122. The number of aromatic amines is 1. The zero-order valence-corrected chi connectivity index (χ0v) is 10.4. The smallest absolute Gasteiger partial charge is 0.260 e. The molecular formula is C13H13N5O. The summed E-state index contributed by atoms with van der Waals surface area (Å²) in [6, 6.07) is 5.39. The van der Waals surface area contributed by atoms with Crippen molar-refractivity contribution in [1.29, 1.82) is 0 Å². The molecule has 0 aliphatic rings. The van der Waals surface area contributed by atoms with Crippen LogP contribution in [0.2, 0.25) is 0 Å². The van der Waals surface area contributed by atoms with Crippen LogP contribution in [-0.2, 0) is 0 Å². The number of rotatable bonds is 2. The van der Waals surface area contributed by atoms with Crippen LogP contribution in [0.4, 0.5) is 5.95 Å². The highest BCUT2D eigenvalue weighted by Gasteiger charge is 2.03. The van der Waals surface area contributed by atoms with Gasteiger partial charge in [-0.05, 0) is 24.6 Å². The summed E-state index contributed by atoms with van der Waals surface area (Å²) in [6.45, 7) is 5.40. The van der Waals surface area contributed by atoms with Crippen molar-refractivity contribution in [3.8, 4) is 0 Å². The molecule has 2 rings (SSSR count). The number of aromatic nitrogens is 2. The van der Waals surface area contributed by atoms with E-state index in [4.69, 9.17) is 5.73 Å². The van der Waals surface area contributed by atoms with E-state index in [9.17, 15) is 4.79 Å². The van der Waals surface area contributed by atoms with Crippen LogP contribution in [-0.4, -0.2) is 22.1 Å². The Hall–Kier alpha value is -2.76. The maximum absolute atomic E-state index is 11.8. The molecule has 0 aliphatic heterocycles. The molecule has 2 aromatic rings. The Labute approximate surface area is 109 Å². The van der Waals surface area contributed by atoms with Gasteiger partial charge in [0.2, 0.25) is 11.9 Å². The fourth-order valence-corrected chi connectivity index (χ4v) is 1.56. The molecule has 0 saturated carbocycles. The van der Waals surface area contributed by atoms with Gasteiger partial charge in [-0.15, -0.1) is 0 Å². The minimum Gasteiger partial charge on any atom is -0.368 e. The highest BCUT2D eigenvalue weighted by Crippen LogP contribution is 2.12. The number of hydrogen-bond donors (Lipinski definition) is 2. The topological polar surface area (TPSA) is 96.5 Å². The molecule has 0 aliphatic carbocycles. The summed E-state index contributed by atoms with van der Waals surface area (Å²) in [4.78, 5) is 26.3. The maximum atomic E-state index is 11.8. The van der Waals surface area contributed by atoms with Gasteiger partial charge in [0.05, 0.1) is 10.9 Å². The minimum absolute atomic E-state index is 0.00458. The summed E-state index contributed by atoms with van der Waals surface area (Å²) < 4.78 is 0. The summed E-state index contributed by atoms with van der Waals surface area (Å²) in [6.07, 6.45) is 2.88. The number of aliphatic imine (C=N–C) groups is 2. The average Bonchev–Trinajstić information content (AvgIpc) is 2.35. The van der Waals surface area contributed by atoms with Gasteiger partial charge in [-0.2, -0.15) is 4.99 Å². The first kappa shape index (κ1) is 12.7. The number of hydrogen-bond acceptors (Lipinski definition) is 3. The number of guanidine groups is 1. The van der Waals surface area contributed by atoms with Gasteiger partial charge in [0, 0.05) is 6.21 Å². The van der Waals surface area contributed by atoms with E-state index in [0.29, 0.717) is 10.9 Å². The second-order valence-corrected chi connectivity index (χ2v) is 3.89. The van der Waals surface area contributed by atoms with Crippen molar-refractivity contribution in [1.82, 2.24) is 9.97 Å². The van der Waals surface area contributed by atoms with Crippen molar-refractivity contribution in [2.24, 2.45) is 15.7 Å². The molecule has 0 bridgehead atoms. The number of H-pyrrole nitrogens is 1. The molecule has 1 aromatic carbocycles. The van der Waals surface area contributed by atoms with Gasteiger partial charge in [-0.25, -0.2) is 9.98 Å². The van der Waals surface area contributed by atoms with E-state index < -0.39 is 0 Å². The van der Waals surface area contributed by atoms with Crippen molar-refractivity contribution in [2.45, 2.75) is 6.92 Å². The largest absolute Gasteiger partial charge is 0.368 e. The fraction of sp³-hybridized carbons (Fsp3) is 0.0769. The molecule has 19 heavy (non-hydrogen) atoms. The van der Waals surface area contributed by atoms with Gasteiger partial charge in [0.25, 0.3) is 5.56 Å². The lowest BCUT2D eigenvalue weighted by molar-refractivity contribution is 1.13. The highest BCUT2D eigenvalue weighted by atomic mass is 16.1. The molecule has 0 radical (unpaired) electrons. The van der Waals surface area contributed by atoms with E-state index in [0.717, 1.165) is 5.56 Å². The van der Waals surface area contributed by atoms with E-state index in [-0.39, 0.29) is 17.5 Å². The number of nitrogens with two attached hydrogens (primary N) is 1. The predicted octanol–water partition coefficient (Wildman–Crippen LogP) is 1.43. The lowest BCUT2D eigenvalue weighted by Gasteiger charge is -2.00. The van der Waals surface area contributed by atoms with Gasteiger partial charge in [-0.3, -0.25) is 9.78 Å². The number of benzene rings is 1. The van der Waals surface area contributed by atoms with Gasteiger partial charge >= 0.3 is 0 Å². The zero-order chi connectivity index (χ0) is 13.8. The molecule has 1 aromatic heterocycles. The van der Waals surface area contributed by atoms with Crippen LogP contribution in [0.25, 0.3) is 10.9 Å². The minimum atomic E-state index is -0.260. The van der Waals surface area contributed by atoms with Crippen LogP contribution < -0.4 is 11.3 Å². The lowest BCUT2D eigenvalue weighted by atomic mass is 10.2. The quantitative estimate of drug-likeness (QED) is 0.627. The van der Waals surface area contributed by atoms with Crippen molar-refractivity contribution < 1.29 is 0 Å². The van der Waals surface area contributed by atoms with Gasteiger partial charge < -0.3 is 5.73 Å². The molecule has 0 saturated heterocycles. The summed E-state index contributed by atoms with van der Waals surface area (Å²) in [5, 5.41) is 0.512. The Kier molecular flexibility index (Phi) is 3.51. The molecule has 1 heterocycles. The molecule has 6 nitrogen and oxygen atoms in total. The maximum Gasteiger partial charge on any atom is 0.260 e. The van der Waals surface area contributed by atoms with Crippen LogP contribution in [0.3, 0.4) is 0 Å². The van der Waals surface area contributed by atoms with E-state index in [2.05, 4.69) is 26.5 Å². The third-order valence-electron chi connectivity index (χ3n) is 2.38. The first-order valence-corrected chi connectivity index (χ1v) is 5.60. The molecule has 0 fully saturated rings. The third-order valence-corrected chi connectivity index (χ3v) is 2.38. The molecule has 3 N–H and O–H groups in total. The Morgan fingerprint density at radius 2 is 2.32 bits per heavy atom. The number of aryl methyl sites for hydroxylation is 1. The Balaban J connectivity index is 2.54. The van der Waals surface area contributed by atoms with Crippen molar-refractivity contribution in [3.63, 3.8) is 0 Å². The molecule has 0 unspecified atom stereocenters. The number of allylic oxidation sites excluding steroid dienone is 1. The SMILES string of the molecule is C=C/C=N/C(N)=N\c1nc2cc(C)ccc2c(=O)[nH]1.